The fourth-order valence-corrected chi connectivity index (χ4v) is 4.99. The molecule has 2 amide bonds. The molecule has 0 saturated carbocycles. The van der Waals surface area contributed by atoms with Gasteiger partial charge in [0.1, 0.15) is 0 Å². The first-order chi connectivity index (χ1) is 16.1. The number of urea groups is 1. The molecule has 0 spiro atoms. The van der Waals surface area contributed by atoms with E-state index in [0.717, 1.165) is 5.69 Å². The highest BCUT2D eigenvalue weighted by Crippen LogP contribution is 2.23. The summed E-state index contributed by atoms with van der Waals surface area (Å²) in [5, 5.41) is 5.16. The molecule has 1 saturated heterocycles. The molecule has 0 unspecified atom stereocenters. The third-order valence-electron chi connectivity index (χ3n) is 5.52. The van der Waals surface area contributed by atoms with Crippen molar-refractivity contribution < 1.29 is 22.3 Å². The van der Waals surface area contributed by atoms with Gasteiger partial charge in [0.05, 0.1) is 30.2 Å². The Kier molecular flexibility index (Phi) is 8.55. The molecule has 1 fully saturated rings. The van der Waals surface area contributed by atoms with E-state index in [1.807, 2.05) is 11.8 Å². The van der Waals surface area contributed by atoms with Gasteiger partial charge in [-0.2, -0.15) is 17.0 Å². The number of hydrogen-bond donors (Lipinski definition) is 2. The standard InChI is InChI=1S/C22H31FN6O4S/c1-16-8-9-18(12-24-16)25-22(30)26-20-7-5-6-17(21(20)23)13-28-10-11-29(19(14-28)15-33-4)34(31,32)27(2)3/h5-9,12,19H,10-11,13-15H2,1-4H3,(H2,25,26,30)/t19-/m1/s1. The predicted molar refractivity (Wildman–Crippen MR) is 128 cm³/mol. The first kappa shape index (κ1) is 26.0. The molecule has 34 heavy (non-hydrogen) atoms. The third kappa shape index (κ3) is 6.27. The van der Waals surface area contributed by atoms with Crippen LogP contribution in [0.15, 0.2) is 36.5 Å². The smallest absolute Gasteiger partial charge is 0.323 e. The van der Waals surface area contributed by atoms with Crippen LogP contribution in [0.5, 0.6) is 0 Å². The Morgan fingerprint density at radius 1 is 1.24 bits per heavy atom. The molecule has 1 atom stereocenters. The number of amides is 2. The van der Waals surface area contributed by atoms with Crippen molar-refractivity contribution in [2.24, 2.45) is 0 Å². The molecule has 3 rings (SSSR count). The molecule has 2 heterocycles. The van der Waals surface area contributed by atoms with Crippen LogP contribution in [-0.4, -0.2) is 86.4 Å². The molecule has 12 heteroatoms. The normalized spacial score (nSPS) is 17.6. The van der Waals surface area contributed by atoms with E-state index in [1.54, 1.807) is 24.3 Å². The van der Waals surface area contributed by atoms with Crippen LogP contribution in [0.1, 0.15) is 11.3 Å². The zero-order chi connectivity index (χ0) is 24.9. The highest BCUT2D eigenvalue weighted by atomic mass is 32.2. The van der Waals surface area contributed by atoms with Crippen molar-refractivity contribution in [2.75, 3.05) is 58.1 Å². The summed E-state index contributed by atoms with van der Waals surface area (Å²) in [6.45, 7) is 3.41. The Balaban J connectivity index is 1.67. The van der Waals surface area contributed by atoms with Crippen LogP contribution >= 0.6 is 0 Å². The molecule has 1 aliphatic heterocycles. The third-order valence-corrected chi connectivity index (χ3v) is 7.52. The van der Waals surface area contributed by atoms with E-state index in [-0.39, 0.29) is 25.4 Å². The topological polar surface area (TPSA) is 107 Å². The lowest BCUT2D eigenvalue weighted by molar-refractivity contribution is 0.0633. The maximum absolute atomic E-state index is 15.2. The number of ether oxygens (including phenoxy) is 1. The highest BCUT2D eigenvalue weighted by molar-refractivity contribution is 7.86. The zero-order valence-electron chi connectivity index (χ0n) is 19.8. The lowest BCUT2D eigenvalue weighted by Crippen LogP contribution is -2.58. The van der Waals surface area contributed by atoms with Crippen molar-refractivity contribution in [3.05, 3.63) is 53.6 Å². The summed E-state index contributed by atoms with van der Waals surface area (Å²) in [4.78, 5) is 18.4. The van der Waals surface area contributed by atoms with Crippen LogP contribution in [0.25, 0.3) is 0 Å². The summed E-state index contributed by atoms with van der Waals surface area (Å²) < 4.78 is 48.3. The van der Waals surface area contributed by atoms with Gasteiger partial charge in [-0.15, -0.1) is 0 Å². The van der Waals surface area contributed by atoms with Crippen LogP contribution in [0, 0.1) is 12.7 Å². The largest absolute Gasteiger partial charge is 0.383 e. The van der Waals surface area contributed by atoms with Gasteiger partial charge in [-0.3, -0.25) is 9.88 Å². The molecule has 0 aliphatic carbocycles. The molecule has 10 nitrogen and oxygen atoms in total. The summed E-state index contributed by atoms with van der Waals surface area (Å²) in [6, 6.07) is 7.30. The van der Waals surface area contributed by atoms with Crippen LogP contribution in [0.2, 0.25) is 0 Å². The number of carbonyl (C=O) groups excluding carboxylic acids is 1. The average molecular weight is 495 g/mol. The molecular weight excluding hydrogens is 463 g/mol. The van der Waals surface area contributed by atoms with Crippen LogP contribution in [-0.2, 0) is 21.5 Å². The van der Waals surface area contributed by atoms with Crippen LogP contribution in [0.3, 0.4) is 0 Å². The maximum Gasteiger partial charge on any atom is 0.323 e. The number of piperazine rings is 1. The number of aromatic nitrogens is 1. The van der Waals surface area contributed by atoms with Gasteiger partial charge in [0, 0.05) is 58.6 Å². The molecule has 0 radical (unpaired) electrons. The Bertz CT molecular complexity index is 1100. The second-order valence-corrected chi connectivity index (χ2v) is 10.4. The van der Waals surface area contributed by atoms with Gasteiger partial charge in [-0.25, -0.2) is 9.18 Å². The van der Waals surface area contributed by atoms with Gasteiger partial charge in [-0.1, -0.05) is 12.1 Å². The van der Waals surface area contributed by atoms with Crippen molar-refractivity contribution in [2.45, 2.75) is 19.5 Å². The SMILES string of the molecule is COC[C@H]1CN(Cc2cccc(NC(=O)Nc3ccc(C)nc3)c2F)CCN1S(=O)(=O)N(C)C. The number of benzene rings is 1. The minimum atomic E-state index is -3.60. The van der Waals surface area contributed by atoms with Gasteiger partial charge in [-0.05, 0) is 25.1 Å². The van der Waals surface area contributed by atoms with E-state index in [2.05, 4.69) is 15.6 Å². The second kappa shape index (κ2) is 11.2. The number of aryl methyl sites for hydroxylation is 1. The number of nitrogens with zero attached hydrogens (tertiary/aromatic N) is 4. The quantitative estimate of drug-likeness (QED) is 0.582. The maximum atomic E-state index is 15.2. The minimum absolute atomic E-state index is 0.0531. The molecule has 1 aliphatic rings. The van der Waals surface area contributed by atoms with Crippen molar-refractivity contribution in [1.82, 2.24) is 18.5 Å². The number of methoxy groups -OCH3 is 1. The van der Waals surface area contributed by atoms with Crippen LogP contribution < -0.4 is 10.6 Å². The highest BCUT2D eigenvalue weighted by Gasteiger charge is 2.36. The van der Waals surface area contributed by atoms with Gasteiger partial charge in [0.2, 0.25) is 0 Å². The molecule has 2 aromatic rings. The van der Waals surface area contributed by atoms with E-state index in [9.17, 15) is 13.2 Å². The Morgan fingerprint density at radius 2 is 2.00 bits per heavy atom. The summed E-state index contributed by atoms with van der Waals surface area (Å²) in [5.74, 6) is -0.536. The number of hydrogen-bond acceptors (Lipinski definition) is 6. The number of carbonyl (C=O) groups is 1. The van der Waals surface area contributed by atoms with E-state index >= 15 is 4.39 Å². The van der Waals surface area contributed by atoms with E-state index < -0.39 is 28.1 Å². The van der Waals surface area contributed by atoms with Crippen molar-refractivity contribution in [3.8, 4) is 0 Å². The molecule has 1 aromatic carbocycles. The van der Waals surface area contributed by atoms with Crippen LogP contribution in [0.4, 0.5) is 20.6 Å². The zero-order valence-corrected chi connectivity index (χ0v) is 20.6. The molecular formula is C22H31FN6O4S. The average Bonchev–Trinajstić information content (AvgIpc) is 2.78. The van der Waals surface area contributed by atoms with Crippen molar-refractivity contribution in [3.63, 3.8) is 0 Å². The minimum Gasteiger partial charge on any atom is -0.383 e. The Labute approximate surface area is 199 Å². The summed E-state index contributed by atoms with van der Waals surface area (Å²) in [5.41, 5.74) is 1.76. The molecule has 186 valence electrons. The van der Waals surface area contributed by atoms with E-state index in [1.165, 1.54) is 42.1 Å². The fourth-order valence-electron chi connectivity index (χ4n) is 3.75. The van der Waals surface area contributed by atoms with Crippen molar-refractivity contribution in [1.29, 1.82) is 0 Å². The van der Waals surface area contributed by atoms with Gasteiger partial charge in [0.25, 0.3) is 10.2 Å². The summed E-state index contributed by atoms with van der Waals surface area (Å²) in [6.07, 6.45) is 1.52. The summed E-state index contributed by atoms with van der Waals surface area (Å²) in [7, 11) is 0.905. The number of nitrogens with one attached hydrogen (secondary N) is 2. The number of halogens is 1. The first-order valence-electron chi connectivity index (χ1n) is 10.8. The number of anilines is 2. The Morgan fingerprint density at radius 3 is 2.65 bits per heavy atom. The first-order valence-corrected chi connectivity index (χ1v) is 12.2. The van der Waals surface area contributed by atoms with E-state index in [4.69, 9.17) is 4.74 Å². The lowest BCUT2D eigenvalue weighted by atomic mass is 10.1. The second-order valence-electron chi connectivity index (χ2n) is 8.29. The van der Waals surface area contributed by atoms with Crippen molar-refractivity contribution >= 4 is 27.6 Å². The number of rotatable bonds is 8. The van der Waals surface area contributed by atoms with Gasteiger partial charge in [0.15, 0.2) is 5.82 Å². The van der Waals surface area contributed by atoms with Gasteiger partial charge < -0.3 is 15.4 Å². The lowest BCUT2D eigenvalue weighted by Gasteiger charge is -2.41. The molecule has 2 N–H and O–H groups in total. The Hall–Kier alpha value is -2.64. The monoisotopic (exact) mass is 494 g/mol. The molecule has 0 bridgehead atoms. The van der Waals surface area contributed by atoms with Gasteiger partial charge >= 0.3 is 6.03 Å². The summed E-state index contributed by atoms with van der Waals surface area (Å²) >= 11 is 0. The van der Waals surface area contributed by atoms with E-state index in [0.29, 0.717) is 24.3 Å². The predicted octanol–water partition coefficient (Wildman–Crippen LogP) is 2.11. The fraction of sp³-hybridized carbons (Fsp3) is 0.455. The number of pyridine rings is 1. The molecule has 1 aromatic heterocycles.